The molecule has 1 aliphatic heterocycles. The summed E-state index contributed by atoms with van der Waals surface area (Å²) in [5.41, 5.74) is 0.727. The Kier molecular flexibility index (Phi) is 6.22. The van der Waals surface area contributed by atoms with Crippen molar-refractivity contribution in [3.8, 4) is 5.69 Å². The van der Waals surface area contributed by atoms with Crippen LogP contribution >= 0.6 is 11.8 Å². The maximum absolute atomic E-state index is 14.6. The number of esters is 1. The highest BCUT2D eigenvalue weighted by Crippen LogP contribution is 2.25. The number of thioether (sulfide) groups is 1. The van der Waals surface area contributed by atoms with Crippen molar-refractivity contribution >= 4 is 34.7 Å². The molecular weight excluding hydrogens is 435 g/mol. The Morgan fingerprint density at radius 2 is 1.94 bits per heavy atom. The average molecular weight is 454 g/mol. The number of ether oxygens (including phenoxy) is 1. The molecule has 2 aromatic carbocycles. The van der Waals surface area contributed by atoms with Crippen LogP contribution in [0.25, 0.3) is 16.6 Å². The van der Waals surface area contributed by atoms with Crippen LogP contribution in [0.1, 0.15) is 6.92 Å². The minimum atomic E-state index is -0.574. The van der Waals surface area contributed by atoms with Gasteiger partial charge in [-0.05, 0) is 31.2 Å². The normalized spacial score (nSPS) is 13.6. The monoisotopic (exact) mass is 454 g/mol. The third-order valence-electron chi connectivity index (χ3n) is 4.76. The summed E-state index contributed by atoms with van der Waals surface area (Å²) >= 11 is 1.10. The van der Waals surface area contributed by atoms with Gasteiger partial charge >= 0.3 is 12.0 Å². The lowest BCUT2D eigenvalue weighted by molar-refractivity contribution is -0.138. The number of rotatable bonds is 6. The molecule has 32 heavy (non-hydrogen) atoms. The van der Waals surface area contributed by atoms with Gasteiger partial charge < -0.3 is 15.4 Å². The van der Waals surface area contributed by atoms with E-state index in [9.17, 15) is 18.8 Å². The number of aromatic nitrogens is 2. The molecule has 2 heterocycles. The summed E-state index contributed by atoms with van der Waals surface area (Å²) in [6.07, 6.45) is 0. The molecule has 0 spiro atoms. The van der Waals surface area contributed by atoms with E-state index >= 15 is 0 Å². The van der Waals surface area contributed by atoms with Gasteiger partial charge in [0, 0.05) is 11.4 Å². The van der Waals surface area contributed by atoms with E-state index in [1.807, 2.05) is 0 Å². The number of hydrogen-bond donors (Lipinski definition) is 2. The first-order chi connectivity index (χ1) is 15.5. The molecule has 2 N–H and O–H groups in total. The molecule has 0 unspecified atom stereocenters. The molecule has 0 saturated carbocycles. The lowest BCUT2D eigenvalue weighted by Crippen LogP contribution is -2.44. The molecule has 0 saturated heterocycles. The van der Waals surface area contributed by atoms with E-state index in [-0.39, 0.29) is 35.3 Å². The van der Waals surface area contributed by atoms with Gasteiger partial charge in [-0.25, -0.2) is 19.0 Å². The summed E-state index contributed by atoms with van der Waals surface area (Å²) < 4.78 is 20.9. The predicted octanol–water partition coefficient (Wildman–Crippen LogP) is 2.75. The fraction of sp³-hybridized carbons (Fsp3) is 0.182. The summed E-state index contributed by atoms with van der Waals surface area (Å²) in [7, 11) is 0. The van der Waals surface area contributed by atoms with Crippen LogP contribution in [0.4, 0.5) is 9.18 Å². The van der Waals surface area contributed by atoms with Crippen LogP contribution in [0, 0.1) is 5.82 Å². The fourth-order valence-electron chi connectivity index (χ4n) is 3.26. The van der Waals surface area contributed by atoms with Crippen molar-refractivity contribution in [3.05, 3.63) is 76.0 Å². The van der Waals surface area contributed by atoms with E-state index in [0.29, 0.717) is 16.6 Å². The lowest BCUT2D eigenvalue weighted by Gasteiger charge is -2.21. The van der Waals surface area contributed by atoms with Gasteiger partial charge in [-0.1, -0.05) is 36.0 Å². The number of fused-ring (bicyclic) bond motifs is 1. The Bertz CT molecular complexity index is 1300. The molecule has 0 bridgehead atoms. The summed E-state index contributed by atoms with van der Waals surface area (Å²) in [6, 6.07) is 12.3. The second-order valence-electron chi connectivity index (χ2n) is 6.78. The molecule has 0 radical (unpaired) electrons. The fourth-order valence-corrected chi connectivity index (χ4v) is 4.25. The number of urea groups is 1. The number of halogens is 1. The first kappa shape index (κ1) is 21.6. The second kappa shape index (κ2) is 9.23. The van der Waals surface area contributed by atoms with Crippen molar-refractivity contribution in [3.63, 3.8) is 0 Å². The van der Waals surface area contributed by atoms with Gasteiger partial charge in [0.05, 0.1) is 35.3 Å². The van der Waals surface area contributed by atoms with Gasteiger partial charge in [0.1, 0.15) is 5.82 Å². The summed E-state index contributed by atoms with van der Waals surface area (Å²) in [5, 5.41) is 5.73. The average Bonchev–Trinajstić information content (AvgIpc) is 2.79. The Balaban J connectivity index is 1.79. The molecule has 0 aliphatic carbocycles. The molecule has 10 heteroatoms. The Morgan fingerprint density at radius 1 is 1.19 bits per heavy atom. The number of benzene rings is 2. The van der Waals surface area contributed by atoms with Crippen LogP contribution in [0.15, 0.2) is 69.8 Å². The Morgan fingerprint density at radius 3 is 2.72 bits per heavy atom. The van der Waals surface area contributed by atoms with Crippen molar-refractivity contribution in [2.75, 3.05) is 18.9 Å². The number of nitrogens with zero attached hydrogens (tertiary/aromatic N) is 2. The molecular formula is C22H19FN4O4S. The van der Waals surface area contributed by atoms with Gasteiger partial charge in [0.15, 0.2) is 5.16 Å². The summed E-state index contributed by atoms with van der Waals surface area (Å²) in [5.74, 6) is -1.01. The number of nitrogens with one attached hydrogen (secondary N) is 2. The molecule has 1 aliphatic rings. The van der Waals surface area contributed by atoms with E-state index in [1.54, 1.807) is 37.3 Å². The lowest BCUT2D eigenvalue weighted by atomic mass is 10.2. The van der Waals surface area contributed by atoms with Gasteiger partial charge in [-0.15, -0.1) is 0 Å². The van der Waals surface area contributed by atoms with Crippen LogP contribution in [-0.2, 0) is 9.53 Å². The topological polar surface area (TPSA) is 102 Å². The van der Waals surface area contributed by atoms with Gasteiger partial charge in [-0.3, -0.25) is 9.36 Å². The maximum atomic E-state index is 14.6. The van der Waals surface area contributed by atoms with E-state index in [0.717, 1.165) is 11.8 Å². The van der Waals surface area contributed by atoms with Crippen LogP contribution in [0.3, 0.4) is 0 Å². The number of para-hydroxylation sites is 2. The molecule has 0 fully saturated rings. The third kappa shape index (κ3) is 4.22. The summed E-state index contributed by atoms with van der Waals surface area (Å²) in [6.45, 7) is 1.90. The molecule has 8 nitrogen and oxygen atoms in total. The third-order valence-corrected chi connectivity index (χ3v) is 5.73. The molecule has 1 aromatic heterocycles. The zero-order valence-corrected chi connectivity index (χ0v) is 17.9. The Labute approximate surface area is 186 Å². The second-order valence-corrected chi connectivity index (χ2v) is 7.72. The van der Waals surface area contributed by atoms with Crippen LogP contribution in [0.2, 0.25) is 0 Å². The number of carbonyl (C=O) groups excluding carboxylic acids is 2. The van der Waals surface area contributed by atoms with Gasteiger partial charge in [0.25, 0.3) is 5.56 Å². The van der Waals surface area contributed by atoms with Crippen molar-refractivity contribution in [1.82, 2.24) is 20.2 Å². The summed E-state index contributed by atoms with van der Waals surface area (Å²) in [4.78, 5) is 41.9. The van der Waals surface area contributed by atoms with Crippen molar-refractivity contribution < 1.29 is 18.7 Å². The molecule has 4 rings (SSSR count). The minimum absolute atomic E-state index is 0.0197. The van der Waals surface area contributed by atoms with Crippen LogP contribution in [0.5, 0.6) is 0 Å². The quantitative estimate of drug-likeness (QED) is 0.337. The van der Waals surface area contributed by atoms with Crippen LogP contribution in [-0.4, -0.2) is 40.5 Å². The van der Waals surface area contributed by atoms with Crippen molar-refractivity contribution in [2.45, 2.75) is 12.1 Å². The highest BCUT2D eigenvalue weighted by Gasteiger charge is 2.25. The molecule has 3 aromatic rings. The van der Waals surface area contributed by atoms with Crippen molar-refractivity contribution in [1.29, 1.82) is 0 Å². The maximum Gasteiger partial charge on any atom is 0.337 e. The SMILES string of the molecule is CCOC(=O)C1=C(CSc2nc3ccccc3c(=O)n2-c2ccccc2F)NC(=O)NC1. The molecule has 2 amide bonds. The van der Waals surface area contributed by atoms with Crippen molar-refractivity contribution in [2.24, 2.45) is 0 Å². The zero-order chi connectivity index (χ0) is 22.7. The van der Waals surface area contributed by atoms with E-state index in [1.165, 1.54) is 22.8 Å². The first-order valence-electron chi connectivity index (χ1n) is 9.83. The number of amides is 2. The van der Waals surface area contributed by atoms with E-state index in [4.69, 9.17) is 4.74 Å². The largest absolute Gasteiger partial charge is 0.463 e. The zero-order valence-electron chi connectivity index (χ0n) is 17.1. The predicted molar refractivity (Wildman–Crippen MR) is 118 cm³/mol. The smallest absolute Gasteiger partial charge is 0.337 e. The first-order valence-corrected chi connectivity index (χ1v) is 10.8. The Hall–Kier alpha value is -3.66. The molecule has 164 valence electrons. The van der Waals surface area contributed by atoms with Crippen LogP contribution < -0.4 is 16.2 Å². The standard InChI is InChI=1S/C22H19FN4O4S/c1-2-31-20(29)14-11-24-21(30)25-17(14)12-32-22-26-16-9-5-3-7-13(16)19(28)27(22)18-10-6-4-8-15(18)23/h3-10H,2,11-12H2,1H3,(H2,24,25,30). The van der Waals surface area contributed by atoms with E-state index < -0.39 is 23.4 Å². The van der Waals surface area contributed by atoms with Gasteiger partial charge in [0.2, 0.25) is 0 Å². The highest BCUT2D eigenvalue weighted by atomic mass is 32.2. The highest BCUT2D eigenvalue weighted by molar-refractivity contribution is 7.99. The van der Waals surface area contributed by atoms with E-state index in [2.05, 4.69) is 15.6 Å². The molecule has 0 atom stereocenters. The number of hydrogen-bond acceptors (Lipinski definition) is 6. The minimum Gasteiger partial charge on any atom is -0.463 e. The van der Waals surface area contributed by atoms with Gasteiger partial charge in [-0.2, -0.15) is 0 Å². The number of carbonyl (C=O) groups is 2.